The quantitative estimate of drug-likeness (QED) is 0.327. The Labute approximate surface area is 217 Å². The highest BCUT2D eigenvalue weighted by Gasteiger charge is 2.64. The van der Waals surface area contributed by atoms with Crippen LogP contribution in [0.5, 0.6) is 11.5 Å². The molecule has 1 saturated carbocycles. The highest BCUT2D eigenvalue weighted by molar-refractivity contribution is 5.81. The first-order chi connectivity index (χ1) is 16.9. The predicted octanol–water partition coefficient (Wildman–Crippen LogP) is 6.98. The van der Waals surface area contributed by atoms with Gasteiger partial charge in [-0.05, 0) is 61.3 Å². The first-order valence-corrected chi connectivity index (χ1v) is 12.8. The summed E-state index contributed by atoms with van der Waals surface area (Å²) in [5.74, 6) is 3.90. The number of carbonyl (C=O) groups excluding carboxylic acids is 1. The fourth-order valence-electron chi connectivity index (χ4n) is 6.55. The third-order valence-electron chi connectivity index (χ3n) is 9.15. The molecule has 0 heterocycles. The van der Waals surface area contributed by atoms with Crippen molar-refractivity contribution in [3.8, 4) is 11.5 Å². The average Bonchev–Trinajstić information content (AvgIpc) is 2.90. The van der Waals surface area contributed by atoms with Crippen LogP contribution in [0.3, 0.4) is 0 Å². The van der Waals surface area contributed by atoms with E-state index in [1.54, 1.807) is 28.4 Å². The molecule has 2 aliphatic carbocycles. The van der Waals surface area contributed by atoms with Gasteiger partial charge in [-0.1, -0.05) is 39.3 Å². The summed E-state index contributed by atoms with van der Waals surface area (Å²) in [6.45, 7) is 13.2. The number of benzene rings is 1. The second-order valence-corrected chi connectivity index (χ2v) is 11.5. The molecule has 1 aromatic carbocycles. The first-order valence-electron chi connectivity index (χ1n) is 12.8. The molecule has 0 spiro atoms. The maximum Gasteiger partial charge on any atom is 0.137 e. The van der Waals surface area contributed by atoms with Crippen molar-refractivity contribution in [2.24, 2.45) is 22.2 Å². The summed E-state index contributed by atoms with van der Waals surface area (Å²) in [7, 11) is 6.78. The number of ketones is 1. The number of rotatable bonds is 10. The van der Waals surface area contributed by atoms with Crippen LogP contribution in [-0.4, -0.2) is 34.2 Å². The van der Waals surface area contributed by atoms with E-state index >= 15 is 0 Å². The third-order valence-corrected chi connectivity index (χ3v) is 9.15. The number of allylic oxidation sites excluding steroid dienone is 5. The number of Topliss-reactive ketones (excluding diaryl/α,β-unsaturated/α-hetero) is 1. The van der Waals surface area contributed by atoms with E-state index in [1.165, 1.54) is 0 Å². The van der Waals surface area contributed by atoms with E-state index < -0.39 is 0 Å². The van der Waals surface area contributed by atoms with Gasteiger partial charge in [0.15, 0.2) is 0 Å². The van der Waals surface area contributed by atoms with Crippen LogP contribution in [0.25, 0.3) is 0 Å². The molecule has 2 bridgehead atoms. The van der Waals surface area contributed by atoms with Gasteiger partial charge in [0.25, 0.3) is 0 Å². The van der Waals surface area contributed by atoms with Crippen LogP contribution >= 0.6 is 0 Å². The van der Waals surface area contributed by atoms with Crippen LogP contribution in [-0.2, 0) is 20.7 Å². The zero-order chi connectivity index (χ0) is 26.9. The Morgan fingerprint density at radius 3 is 2.31 bits per heavy atom. The van der Waals surface area contributed by atoms with Crippen molar-refractivity contribution >= 4 is 5.78 Å². The van der Waals surface area contributed by atoms with Crippen molar-refractivity contribution in [3.63, 3.8) is 0 Å². The zero-order valence-corrected chi connectivity index (χ0v) is 23.8. The molecule has 5 nitrogen and oxygen atoms in total. The lowest BCUT2D eigenvalue weighted by atomic mass is 9.56. The van der Waals surface area contributed by atoms with Gasteiger partial charge in [-0.25, -0.2) is 0 Å². The number of hydrogen-bond donors (Lipinski definition) is 0. The van der Waals surface area contributed by atoms with E-state index in [0.717, 1.165) is 46.1 Å². The molecule has 2 aliphatic rings. The summed E-state index contributed by atoms with van der Waals surface area (Å²) in [5.41, 5.74) is 2.63. The van der Waals surface area contributed by atoms with E-state index in [9.17, 15) is 4.79 Å². The standard InChI is InChI=1S/C31H44O5/c1-20(11-12-22-15-24(33-7)14-21(2)28(22)36-10)13-23(32)17-30(5)19-26-27(35-9)16-25(34-8)18-31(30,6)29(26,3)4/h11,14-16,18,26H,12-13,17,19H2,1-10H3/b20-11+/t26-,30+,31+/m0/s1. The normalized spacial score (nSPS) is 27.1. The number of hydrogen-bond acceptors (Lipinski definition) is 5. The molecule has 0 saturated heterocycles. The van der Waals surface area contributed by atoms with Crippen LogP contribution in [0.4, 0.5) is 0 Å². The molecule has 0 N–H and O–H groups in total. The van der Waals surface area contributed by atoms with Gasteiger partial charge < -0.3 is 18.9 Å². The van der Waals surface area contributed by atoms with Gasteiger partial charge in [0.05, 0.1) is 28.4 Å². The molecule has 0 aliphatic heterocycles. The maximum atomic E-state index is 13.5. The van der Waals surface area contributed by atoms with Crippen LogP contribution < -0.4 is 9.47 Å². The minimum atomic E-state index is -0.231. The summed E-state index contributed by atoms with van der Waals surface area (Å²) in [4.78, 5) is 13.5. The summed E-state index contributed by atoms with van der Waals surface area (Å²) < 4.78 is 22.6. The minimum absolute atomic E-state index is 0.0875. The zero-order valence-electron chi connectivity index (χ0n) is 23.8. The molecule has 5 heteroatoms. The lowest BCUT2D eigenvalue weighted by Gasteiger charge is -2.47. The Bertz CT molecular complexity index is 1090. The molecule has 0 aromatic heterocycles. The topological polar surface area (TPSA) is 54.0 Å². The first kappa shape index (κ1) is 27.9. The van der Waals surface area contributed by atoms with Gasteiger partial charge in [0.1, 0.15) is 28.8 Å². The van der Waals surface area contributed by atoms with Crippen molar-refractivity contribution in [3.05, 3.63) is 58.6 Å². The molecule has 0 unspecified atom stereocenters. The number of aryl methyl sites for hydroxylation is 1. The molecule has 1 aromatic rings. The Morgan fingerprint density at radius 2 is 1.72 bits per heavy atom. The van der Waals surface area contributed by atoms with Gasteiger partial charge in [-0.15, -0.1) is 0 Å². The molecule has 1 fully saturated rings. The summed E-state index contributed by atoms with van der Waals surface area (Å²) >= 11 is 0. The lowest BCUT2D eigenvalue weighted by molar-refractivity contribution is -0.122. The van der Waals surface area contributed by atoms with E-state index in [2.05, 4.69) is 39.8 Å². The van der Waals surface area contributed by atoms with E-state index in [0.29, 0.717) is 19.3 Å². The van der Waals surface area contributed by atoms with Gasteiger partial charge in [-0.2, -0.15) is 0 Å². The van der Waals surface area contributed by atoms with Crippen molar-refractivity contribution in [1.29, 1.82) is 0 Å². The van der Waals surface area contributed by atoms with E-state index in [4.69, 9.17) is 18.9 Å². The van der Waals surface area contributed by atoms with Crippen molar-refractivity contribution < 1.29 is 23.7 Å². The lowest BCUT2D eigenvalue weighted by Crippen LogP contribution is -2.42. The van der Waals surface area contributed by atoms with Crippen LogP contribution in [0.2, 0.25) is 0 Å². The monoisotopic (exact) mass is 496 g/mol. The summed E-state index contributed by atoms with van der Waals surface area (Å²) in [6, 6.07) is 3.97. The number of carbonyl (C=O) groups is 1. The van der Waals surface area contributed by atoms with Gasteiger partial charge >= 0.3 is 0 Å². The molecule has 36 heavy (non-hydrogen) atoms. The van der Waals surface area contributed by atoms with Crippen molar-refractivity contribution in [2.45, 2.75) is 67.2 Å². The van der Waals surface area contributed by atoms with Crippen LogP contribution in [0.1, 0.15) is 65.0 Å². The Kier molecular flexibility index (Phi) is 8.02. The fourth-order valence-corrected chi connectivity index (χ4v) is 6.55. The molecule has 0 radical (unpaired) electrons. The van der Waals surface area contributed by atoms with Crippen molar-refractivity contribution in [1.82, 2.24) is 0 Å². The van der Waals surface area contributed by atoms with E-state index in [-0.39, 0.29) is 27.9 Å². The second kappa shape index (κ2) is 10.4. The Balaban J connectivity index is 1.80. The average molecular weight is 497 g/mol. The van der Waals surface area contributed by atoms with Gasteiger partial charge in [0.2, 0.25) is 0 Å². The molecule has 3 atom stereocenters. The summed E-state index contributed by atoms with van der Waals surface area (Å²) in [5, 5.41) is 0. The Hall–Kier alpha value is -2.69. The highest BCUT2D eigenvalue weighted by Crippen LogP contribution is 2.70. The highest BCUT2D eigenvalue weighted by atomic mass is 16.5. The minimum Gasteiger partial charge on any atom is -0.501 e. The number of methoxy groups -OCH3 is 4. The summed E-state index contributed by atoms with van der Waals surface area (Å²) in [6.07, 6.45) is 8.92. The number of fused-ring (bicyclic) bond motifs is 2. The van der Waals surface area contributed by atoms with Crippen LogP contribution in [0.15, 0.2) is 47.5 Å². The van der Waals surface area contributed by atoms with Crippen molar-refractivity contribution in [2.75, 3.05) is 28.4 Å². The number of ether oxygens (including phenoxy) is 4. The largest absolute Gasteiger partial charge is 0.501 e. The SMILES string of the molecule is COC1=C[C@]2(C)C(C)(C)[C@@H](C[C@@]2(C)CC(=O)C/C(C)=C/Cc2cc(OC)cc(C)c2OC)C(OC)=C1. The molecular weight excluding hydrogens is 452 g/mol. The fraction of sp³-hybridized carbons (Fsp3) is 0.581. The molecule has 198 valence electrons. The molecule has 3 rings (SSSR count). The second-order valence-electron chi connectivity index (χ2n) is 11.5. The molecule has 0 amide bonds. The van der Waals surface area contributed by atoms with Gasteiger partial charge in [-0.3, -0.25) is 4.79 Å². The third kappa shape index (κ3) is 4.81. The smallest absolute Gasteiger partial charge is 0.137 e. The maximum absolute atomic E-state index is 13.5. The Morgan fingerprint density at radius 1 is 1.03 bits per heavy atom. The van der Waals surface area contributed by atoms with E-state index in [1.807, 2.05) is 32.1 Å². The van der Waals surface area contributed by atoms with Gasteiger partial charge in [0, 0.05) is 35.8 Å². The van der Waals surface area contributed by atoms with Crippen LogP contribution in [0, 0.1) is 29.1 Å². The molecular formula is C31H44O5. The predicted molar refractivity (Wildman–Crippen MR) is 144 cm³/mol.